The van der Waals surface area contributed by atoms with Gasteiger partial charge in [-0.1, -0.05) is 12.1 Å². The van der Waals surface area contributed by atoms with Gasteiger partial charge >= 0.3 is 0 Å². The van der Waals surface area contributed by atoms with Crippen molar-refractivity contribution >= 4 is 0 Å². The first-order chi connectivity index (χ1) is 10.7. The Balaban J connectivity index is 1.73. The zero-order valence-corrected chi connectivity index (χ0v) is 12.3. The number of aromatic nitrogens is 1. The number of nitrogens with one attached hydrogen (secondary N) is 1. The van der Waals surface area contributed by atoms with Crippen LogP contribution in [0.2, 0.25) is 0 Å². The lowest BCUT2D eigenvalue weighted by atomic mass is 9.99. The van der Waals surface area contributed by atoms with Crippen LogP contribution in [0.1, 0.15) is 12.0 Å². The van der Waals surface area contributed by atoms with E-state index in [-0.39, 0.29) is 12.4 Å². The summed E-state index contributed by atoms with van der Waals surface area (Å²) in [6, 6.07) is 8.90. The number of benzene rings is 1. The van der Waals surface area contributed by atoms with E-state index in [1.807, 2.05) is 18.2 Å². The molecule has 2 N–H and O–H groups in total. The second kappa shape index (κ2) is 6.52. The fourth-order valence-electron chi connectivity index (χ4n) is 2.62. The van der Waals surface area contributed by atoms with E-state index < -0.39 is 5.54 Å². The molecule has 0 aliphatic carbocycles. The molecule has 1 aromatic carbocycles. The Hall–Kier alpha value is -1.82. The SMILES string of the molecule is OCC1(NCc2ccc(-c3ccncc3)cc2F)CCOC1. The van der Waals surface area contributed by atoms with Crippen molar-refractivity contribution in [3.63, 3.8) is 0 Å². The van der Waals surface area contributed by atoms with Gasteiger partial charge in [0.25, 0.3) is 0 Å². The highest BCUT2D eigenvalue weighted by atomic mass is 19.1. The Kier molecular flexibility index (Phi) is 4.47. The monoisotopic (exact) mass is 302 g/mol. The number of hydrogen-bond donors (Lipinski definition) is 2. The van der Waals surface area contributed by atoms with Gasteiger partial charge in [0.05, 0.1) is 18.8 Å². The maximum Gasteiger partial charge on any atom is 0.128 e. The quantitative estimate of drug-likeness (QED) is 0.888. The van der Waals surface area contributed by atoms with E-state index in [1.165, 1.54) is 6.07 Å². The van der Waals surface area contributed by atoms with Gasteiger partial charge in [-0.3, -0.25) is 4.98 Å². The fraction of sp³-hybridized carbons (Fsp3) is 0.353. The highest BCUT2D eigenvalue weighted by molar-refractivity contribution is 5.63. The van der Waals surface area contributed by atoms with Crippen molar-refractivity contribution in [3.05, 3.63) is 54.1 Å². The summed E-state index contributed by atoms with van der Waals surface area (Å²) >= 11 is 0. The molecule has 5 heteroatoms. The summed E-state index contributed by atoms with van der Waals surface area (Å²) in [6.45, 7) is 1.44. The predicted octanol–water partition coefficient (Wildman–Crippen LogP) is 2.13. The normalized spacial score (nSPS) is 21.2. The number of halogens is 1. The molecule has 0 amide bonds. The average molecular weight is 302 g/mol. The van der Waals surface area contributed by atoms with Crippen LogP contribution in [0, 0.1) is 5.82 Å². The minimum atomic E-state index is -0.448. The Morgan fingerprint density at radius 1 is 1.23 bits per heavy atom. The third-order valence-corrected chi connectivity index (χ3v) is 4.13. The van der Waals surface area contributed by atoms with Crippen LogP contribution in [0.15, 0.2) is 42.7 Å². The molecule has 3 rings (SSSR count). The van der Waals surface area contributed by atoms with Gasteiger partial charge < -0.3 is 15.2 Å². The molecular formula is C17H19FN2O2. The minimum absolute atomic E-state index is 0.0102. The zero-order valence-electron chi connectivity index (χ0n) is 12.3. The van der Waals surface area contributed by atoms with Gasteiger partial charge in [-0.25, -0.2) is 4.39 Å². The van der Waals surface area contributed by atoms with Gasteiger partial charge in [0.15, 0.2) is 0 Å². The van der Waals surface area contributed by atoms with E-state index in [1.54, 1.807) is 18.5 Å². The zero-order chi connectivity index (χ0) is 15.4. The van der Waals surface area contributed by atoms with Crippen LogP contribution in [0.5, 0.6) is 0 Å². The Bertz CT molecular complexity index is 628. The minimum Gasteiger partial charge on any atom is -0.394 e. The molecule has 1 atom stereocenters. The summed E-state index contributed by atoms with van der Waals surface area (Å²) in [4.78, 5) is 3.96. The van der Waals surface area contributed by atoms with Crippen molar-refractivity contribution in [2.24, 2.45) is 0 Å². The van der Waals surface area contributed by atoms with Crippen molar-refractivity contribution in [1.29, 1.82) is 0 Å². The molecule has 0 saturated carbocycles. The molecule has 2 heterocycles. The average Bonchev–Trinajstić information content (AvgIpc) is 3.04. The first-order valence-corrected chi connectivity index (χ1v) is 7.35. The lowest BCUT2D eigenvalue weighted by Crippen LogP contribution is -2.48. The highest BCUT2D eigenvalue weighted by Crippen LogP contribution is 2.23. The first-order valence-electron chi connectivity index (χ1n) is 7.35. The molecule has 22 heavy (non-hydrogen) atoms. The number of rotatable bonds is 5. The van der Waals surface area contributed by atoms with Gasteiger partial charge in [-0.05, 0) is 35.7 Å². The summed E-state index contributed by atoms with van der Waals surface area (Å²) in [5, 5.41) is 12.8. The standard InChI is InChI=1S/C17H19FN2O2/c18-16-9-14(13-3-6-19-7-4-13)1-2-15(16)10-20-17(11-21)5-8-22-12-17/h1-4,6-7,9,20-21H,5,8,10-12H2. The fourth-order valence-corrected chi connectivity index (χ4v) is 2.62. The summed E-state index contributed by atoms with van der Waals surface area (Å²) in [6.07, 6.45) is 4.11. The molecule has 1 fully saturated rings. The van der Waals surface area contributed by atoms with Crippen LogP contribution < -0.4 is 5.32 Å². The molecule has 1 unspecified atom stereocenters. The van der Waals surface area contributed by atoms with Gasteiger partial charge in [0.2, 0.25) is 0 Å². The molecule has 0 bridgehead atoms. The number of pyridine rings is 1. The van der Waals surface area contributed by atoms with Gasteiger partial charge in [-0.15, -0.1) is 0 Å². The smallest absolute Gasteiger partial charge is 0.128 e. The van der Waals surface area contributed by atoms with Crippen LogP contribution in [0.4, 0.5) is 4.39 Å². The molecule has 0 radical (unpaired) electrons. The van der Waals surface area contributed by atoms with Crippen LogP contribution in [0.25, 0.3) is 11.1 Å². The molecule has 2 aromatic rings. The number of ether oxygens (including phenoxy) is 1. The number of nitrogens with zero attached hydrogens (tertiary/aromatic N) is 1. The number of aliphatic hydroxyl groups excluding tert-OH is 1. The Morgan fingerprint density at radius 2 is 2.05 bits per heavy atom. The van der Waals surface area contributed by atoms with E-state index in [2.05, 4.69) is 10.3 Å². The molecule has 116 valence electrons. The van der Waals surface area contributed by atoms with E-state index in [0.29, 0.717) is 25.3 Å². The van der Waals surface area contributed by atoms with Crippen molar-refractivity contribution in [2.45, 2.75) is 18.5 Å². The van der Waals surface area contributed by atoms with Gasteiger partial charge in [0.1, 0.15) is 5.82 Å². The third-order valence-electron chi connectivity index (χ3n) is 4.13. The van der Waals surface area contributed by atoms with E-state index in [0.717, 1.165) is 17.5 Å². The second-order valence-corrected chi connectivity index (χ2v) is 5.64. The van der Waals surface area contributed by atoms with Crippen molar-refractivity contribution in [1.82, 2.24) is 10.3 Å². The summed E-state index contributed by atoms with van der Waals surface area (Å²) < 4.78 is 19.6. The summed E-state index contributed by atoms with van der Waals surface area (Å²) in [7, 11) is 0. The molecule has 1 aromatic heterocycles. The topological polar surface area (TPSA) is 54.4 Å². The van der Waals surface area contributed by atoms with Gasteiger partial charge in [0, 0.05) is 31.1 Å². The van der Waals surface area contributed by atoms with E-state index >= 15 is 0 Å². The lowest BCUT2D eigenvalue weighted by molar-refractivity contribution is 0.120. The number of aliphatic hydroxyl groups is 1. The third kappa shape index (κ3) is 3.16. The van der Waals surface area contributed by atoms with Crippen LogP contribution >= 0.6 is 0 Å². The van der Waals surface area contributed by atoms with Crippen molar-refractivity contribution < 1.29 is 14.2 Å². The van der Waals surface area contributed by atoms with Crippen molar-refractivity contribution in [2.75, 3.05) is 19.8 Å². The molecule has 4 nitrogen and oxygen atoms in total. The van der Waals surface area contributed by atoms with E-state index in [9.17, 15) is 9.50 Å². The Labute approximate surface area is 129 Å². The largest absolute Gasteiger partial charge is 0.394 e. The van der Waals surface area contributed by atoms with Gasteiger partial charge in [-0.2, -0.15) is 0 Å². The molecule has 1 aliphatic rings. The van der Waals surface area contributed by atoms with Crippen LogP contribution in [-0.2, 0) is 11.3 Å². The Morgan fingerprint density at radius 3 is 2.68 bits per heavy atom. The molecule has 1 aliphatic heterocycles. The second-order valence-electron chi connectivity index (χ2n) is 5.64. The molecular weight excluding hydrogens is 283 g/mol. The van der Waals surface area contributed by atoms with E-state index in [4.69, 9.17) is 4.74 Å². The van der Waals surface area contributed by atoms with Crippen molar-refractivity contribution in [3.8, 4) is 11.1 Å². The molecule has 0 spiro atoms. The highest BCUT2D eigenvalue weighted by Gasteiger charge is 2.33. The van der Waals surface area contributed by atoms with Crippen LogP contribution in [-0.4, -0.2) is 35.5 Å². The number of hydrogen-bond acceptors (Lipinski definition) is 4. The lowest BCUT2D eigenvalue weighted by Gasteiger charge is -2.26. The summed E-state index contributed by atoms with van der Waals surface area (Å²) in [5.74, 6) is -0.256. The maximum atomic E-state index is 14.3. The predicted molar refractivity (Wildman–Crippen MR) is 81.7 cm³/mol. The van der Waals surface area contributed by atoms with Crippen LogP contribution in [0.3, 0.4) is 0 Å². The first kappa shape index (κ1) is 15.1. The maximum absolute atomic E-state index is 14.3. The summed E-state index contributed by atoms with van der Waals surface area (Å²) in [5.41, 5.74) is 1.89. The molecule has 1 saturated heterocycles.